The van der Waals surface area contributed by atoms with Crippen LogP contribution in [0.5, 0.6) is 0 Å². The standard InChI is InChI=1S/C15H22N2/c1-12-9-14(10-12)16-13-5-4-6-15(11-13)17-7-2-3-8-17/h4-6,11-12,14,16H,2-3,7-10H2,1H3. The number of hydrogen-bond acceptors (Lipinski definition) is 2. The van der Waals surface area contributed by atoms with Gasteiger partial charge in [0.05, 0.1) is 0 Å². The van der Waals surface area contributed by atoms with Gasteiger partial charge < -0.3 is 10.2 Å². The van der Waals surface area contributed by atoms with Crippen molar-refractivity contribution in [3.63, 3.8) is 0 Å². The van der Waals surface area contributed by atoms with Crippen LogP contribution in [0.1, 0.15) is 32.6 Å². The van der Waals surface area contributed by atoms with E-state index in [-0.39, 0.29) is 0 Å². The topological polar surface area (TPSA) is 15.3 Å². The number of rotatable bonds is 3. The van der Waals surface area contributed by atoms with Crippen molar-refractivity contribution in [3.05, 3.63) is 24.3 Å². The van der Waals surface area contributed by atoms with E-state index in [1.165, 1.54) is 50.1 Å². The molecule has 0 radical (unpaired) electrons. The number of anilines is 2. The van der Waals surface area contributed by atoms with Gasteiger partial charge in [-0.3, -0.25) is 0 Å². The smallest absolute Gasteiger partial charge is 0.0386 e. The van der Waals surface area contributed by atoms with E-state index in [0.29, 0.717) is 6.04 Å². The van der Waals surface area contributed by atoms with Crippen LogP contribution in [-0.4, -0.2) is 19.1 Å². The molecule has 17 heavy (non-hydrogen) atoms. The molecule has 1 aliphatic carbocycles. The predicted octanol–water partition coefficient (Wildman–Crippen LogP) is 3.50. The number of nitrogens with zero attached hydrogens (tertiary/aromatic N) is 1. The molecule has 2 heteroatoms. The summed E-state index contributed by atoms with van der Waals surface area (Å²) in [7, 11) is 0. The summed E-state index contributed by atoms with van der Waals surface area (Å²) in [5.74, 6) is 0.911. The fraction of sp³-hybridized carbons (Fsp3) is 0.600. The molecular formula is C15H22N2. The number of hydrogen-bond donors (Lipinski definition) is 1. The molecule has 0 atom stereocenters. The Labute approximate surface area is 104 Å². The van der Waals surface area contributed by atoms with Gasteiger partial charge in [0.1, 0.15) is 0 Å². The lowest BCUT2D eigenvalue weighted by molar-refractivity contribution is 0.309. The first-order valence-corrected chi connectivity index (χ1v) is 6.93. The molecule has 92 valence electrons. The van der Waals surface area contributed by atoms with Gasteiger partial charge in [0.2, 0.25) is 0 Å². The highest BCUT2D eigenvalue weighted by molar-refractivity contribution is 5.59. The zero-order valence-electron chi connectivity index (χ0n) is 10.7. The maximum absolute atomic E-state index is 3.65. The lowest BCUT2D eigenvalue weighted by Crippen LogP contribution is -2.33. The summed E-state index contributed by atoms with van der Waals surface area (Å²) in [6.45, 7) is 4.78. The van der Waals surface area contributed by atoms with Gasteiger partial charge >= 0.3 is 0 Å². The molecule has 3 rings (SSSR count). The van der Waals surface area contributed by atoms with Crippen LogP contribution < -0.4 is 10.2 Å². The van der Waals surface area contributed by atoms with Gasteiger partial charge in [-0.2, -0.15) is 0 Å². The zero-order valence-corrected chi connectivity index (χ0v) is 10.7. The maximum Gasteiger partial charge on any atom is 0.0386 e. The van der Waals surface area contributed by atoms with E-state index >= 15 is 0 Å². The number of benzene rings is 1. The van der Waals surface area contributed by atoms with Crippen molar-refractivity contribution in [2.75, 3.05) is 23.3 Å². The lowest BCUT2D eigenvalue weighted by atomic mass is 9.82. The molecular weight excluding hydrogens is 208 g/mol. The predicted molar refractivity (Wildman–Crippen MR) is 73.7 cm³/mol. The normalized spacial score (nSPS) is 27.9. The molecule has 2 nitrogen and oxygen atoms in total. The SMILES string of the molecule is CC1CC(Nc2cccc(N3CCCC3)c2)C1. The Morgan fingerprint density at radius 1 is 1.18 bits per heavy atom. The molecule has 0 aromatic heterocycles. The van der Waals surface area contributed by atoms with Crippen molar-refractivity contribution in [1.29, 1.82) is 0 Å². The van der Waals surface area contributed by atoms with Gasteiger partial charge in [-0.25, -0.2) is 0 Å². The van der Waals surface area contributed by atoms with Crippen LogP contribution in [0.3, 0.4) is 0 Å². The highest BCUT2D eigenvalue weighted by Gasteiger charge is 2.25. The molecule has 1 aromatic carbocycles. The van der Waals surface area contributed by atoms with Crippen molar-refractivity contribution in [3.8, 4) is 0 Å². The van der Waals surface area contributed by atoms with Crippen molar-refractivity contribution in [1.82, 2.24) is 0 Å². The third-order valence-electron chi connectivity index (χ3n) is 4.06. The average Bonchev–Trinajstić information content (AvgIpc) is 2.81. The Hall–Kier alpha value is -1.18. The summed E-state index contributed by atoms with van der Waals surface area (Å²) in [6.07, 6.45) is 5.34. The minimum Gasteiger partial charge on any atom is -0.382 e. The summed E-state index contributed by atoms with van der Waals surface area (Å²) in [4.78, 5) is 2.49. The molecule has 2 fully saturated rings. The summed E-state index contributed by atoms with van der Waals surface area (Å²) in [5, 5.41) is 3.65. The van der Waals surface area contributed by atoms with E-state index in [1.807, 2.05) is 0 Å². The third-order valence-corrected chi connectivity index (χ3v) is 4.06. The summed E-state index contributed by atoms with van der Waals surface area (Å²) >= 11 is 0. The quantitative estimate of drug-likeness (QED) is 0.855. The first-order valence-electron chi connectivity index (χ1n) is 6.93. The minimum absolute atomic E-state index is 0.707. The first-order chi connectivity index (χ1) is 8.31. The van der Waals surface area contributed by atoms with E-state index in [1.54, 1.807) is 0 Å². The lowest BCUT2D eigenvalue weighted by Gasteiger charge is -2.34. The summed E-state index contributed by atoms with van der Waals surface area (Å²) in [6, 6.07) is 9.63. The van der Waals surface area contributed by atoms with Crippen LogP contribution >= 0.6 is 0 Å². The van der Waals surface area contributed by atoms with Gasteiger partial charge in [-0.05, 0) is 49.8 Å². The Morgan fingerprint density at radius 3 is 2.65 bits per heavy atom. The molecule has 1 aromatic rings. The first kappa shape index (κ1) is 10.9. The molecule has 1 N–H and O–H groups in total. The van der Waals surface area contributed by atoms with E-state index in [2.05, 4.69) is 41.4 Å². The molecule has 2 aliphatic rings. The van der Waals surface area contributed by atoms with Gasteiger partial charge in [0.25, 0.3) is 0 Å². The van der Waals surface area contributed by atoms with E-state index in [4.69, 9.17) is 0 Å². The van der Waals surface area contributed by atoms with Gasteiger partial charge in [-0.1, -0.05) is 13.0 Å². The van der Waals surface area contributed by atoms with E-state index in [0.717, 1.165) is 5.92 Å². The van der Waals surface area contributed by atoms with Crippen LogP contribution in [0.2, 0.25) is 0 Å². The Morgan fingerprint density at radius 2 is 1.94 bits per heavy atom. The summed E-state index contributed by atoms with van der Waals surface area (Å²) < 4.78 is 0. The molecule has 0 amide bonds. The second kappa shape index (κ2) is 4.59. The van der Waals surface area contributed by atoms with Crippen LogP contribution in [-0.2, 0) is 0 Å². The molecule has 1 heterocycles. The molecule has 1 aliphatic heterocycles. The molecule has 1 saturated heterocycles. The van der Waals surface area contributed by atoms with Gasteiger partial charge in [-0.15, -0.1) is 0 Å². The number of nitrogens with one attached hydrogen (secondary N) is 1. The second-order valence-electron chi connectivity index (χ2n) is 5.66. The van der Waals surface area contributed by atoms with E-state index in [9.17, 15) is 0 Å². The fourth-order valence-electron chi connectivity index (χ4n) is 3.02. The fourth-order valence-corrected chi connectivity index (χ4v) is 3.02. The van der Waals surface area contributed by atoms with Crippen LogP contribution in [0, 0.1) is 5.92 Å². The van der Waals surface area contributed by atoms with Gasteiger partial charge in [0, 0.05) is 30.5 Å². The van der Waals surface area contributed by atoms with Crippen molar-refractivity contribution in [2.45, 2.75) is 38.6 Å². The van der Waals surface area contributed by atoms with Crippen molar-refractivity contribution in [2.24, 2.45) is 5.92 Å². The van der Waals surface area contributed by atoms with E-state index < -0.39 is 0 Å². The highest BCUT2D eigenvalue weighted by Crippen LogP contribution is 2.30. The van der Waals surface area contributed by atoms with Crippen molar-refractivity contribution >= 4 is 11.4 Å². The molecule has 0 spiro atoms. The van der Waals surface area contributed by atoms with Gasteiger partial charge in [0.15, 0.2) is 0 Å². The molecule has 0 bridgehead atoms. The summed E-state index contributed by atoms with van der Waals surface area (Å²) in [5.41, 5.74) is 2.69. The third kappa shape index (κ3) is 2.41. The average molecular weight is 230 g/mol. The van der Waals surface area contributed by atoms with Crippen molar-refractivity contribution < 1.29 is 0 Å². The van der Waals surface area contributed by atoms with Crippen LogP contribution in [0.15, 0.2) is 24.3 Å². The Kier molecular flexibility index (Phi) is 2.96. The monoisotopic (exact) mass is 230 g/mol. The molecule has 0 unspecified atom stereocenters. The second-order valence-corrected chi connectivity index (χ2v) is 5.66. The van der Waals surface area contributed by atoms with Crippen LogP contribution in [0.4, 0.5) is 11.4 Å². The zero-order chi connectivity index (χ0) is 11.7. The maximum atomic E-state index is 3.65. The molecule has 1 saturated carbocycles. The van der Waals surface area contributed by atoms with Crippen LogP contribution in [0.25, 0.3) is 0 Å². The Balaban J connectivity index is 1.66. The minimum atomic E-state index is 0.707. The Bertz CT molecular complexity index is 376. The highest BCUT2D eigenvalue weighted by atomic mass is 15.1. The largest absolute Gasteiger partial charge is 0.382 e.